The second-order valence-electron chi connectivity index (χ2n) is 16.5. The number of rotatable bonds is 8. The molecule has 11 rings (SSSR count). The van der Waals surface area contributed by atoms with Crippen molar-refractivity contribution >= 4 is 60.9 Å². The van der Waals surface area contributed by atoms with Gasteiger partial charge in [-0.3, -0.25) is 0 Å². The molecule has 0 saturated carbocycles. The predicted molar refractivity (Wildman–Crippen MR) is 261 cm³/mol. The summed E-state index contributed by atoms with van der Waals surface area (Å²) in [6.45, 7) is 2.31. The Bertz CT molecular complexity index is 3230. The highest BCUT2D eigenvalue weighted by molar-refractivity contribution is 6.17. The molecule has 0 amide bonds. The average Bonchev–Trinajstić information content (AvgIpc) is 3.66. The van der Waals surface area contributed by atoms with Crippen LogP contribution in [0.3, 0.4) is 0 Å². The minimum Gasteiger partial charge on any atom is -0.313 e. The molecule has 2 nitrogen and oxygen atoms in total. The first-order chi connectivity index (χ1) is 30.2. The van der Waals surface area contributed by atoms with E-state index in [9.17, 15) is 0 Å². The summed E-state index contributed by atoms with van der Waals surface area (Å²) in [6.07, 6.45) is 17.0. The van der Waals surface area contributed by atoms with E-state index < -0.39 is 0 Å². The summed E-state index contributed by atoms with van der Waals surface area (Å²) in [6, 6.07) is 67.1. The minimum atomic E-state index is 0.482. The van der Waals surface area contributed by atoms with Gasteiger partial charge in [0.25, 0.3) is 0 Å². The fraction of sp³-hybridized carbons (Fsp3) is 0.0847. The molecule has 292 valence electrons. The summed E-state index contributed by atoms with van der Waals surface area (Å²) >= 11 is 0. The van der Waals surface area contributed by atoms with E-state index in [4.69, 9.17) is 0 Å². The van der Waals surface area contributed by atoms with Gasteiger partial charge < -0.3 is 9.47 Å². The lowest BCUT2D eigenvalue weighted by Crippen LogP contribution is -2.11. The number of allylic oxidation sites excluding steroid dienone is 8. The smallest absolute Gasteiger partial charge is 0.0544 e. The molecule has 0 fully saturated rings. The first kappa shape index (κ1) is 36.6. The van der Waals surface area contributed by atoms with Crippen molar-refractivity contribution < 1.29 is 0 Å². The molecule has 8 aromatic carbocycles. The van der Waals surface area contributed by atoms with Gasteiger partial charge in [0, 0.05) is 33.4 Å². The second kappa shape index (κ2) is 15.6. The Morgan fingerprint density at radius 2 is 1.28 bits per heavy atom. The molecule has 0 spiro atoms. The SMILES string of the molecule is CC1C=CC=C(n2c3ccc(C4=CCCC=C4)cc3c3c(-c4cccc(N(c5ccc(-c6ccc7ccccc7c6)cc5)c5ccccc5-c5ccccc5)c4)cccc32)C1. The van der Waals surface area contributed by atoms with E-state index in [2.05, 4.69) is 235 Å². The van der Waals surface area contributed by atoms with Crippen molar-refractivity contribution in [1.29, 1.82) is 0 Å². The van der Waals surface area contributed by atoms with Crippen LogP contribution in [0.15, 0.2) is 218 Å². The molecule has 1 heterocycles. The number of hydrogen-bond donors (Lipinski definition) is 0. The van der Waals surface area contributed by atoms with E-state index >= 15 is 0 Å². The van der Waals surface area contributed by atoms with Gasteiger partial charge in [0.05, 0.1) is 16.7 Å². The standard InChI is InChI=1S/C59H46N2/c1-41-15-12-23-51(37-41)61-57-36-33-48(42-16-4-2-5-17-42)40-55(57)59-54(26-14-28-58(59)61)49-22-13-24-52(39-49)60(56-27-11-10-25-53(56)45-19-6-3-7-20-45)50-34-31-44(32-35-50)47-30-29-43-18-8-9-21-46(43)38-47/h3-4,6-36,38-41H,2,5,37H2,1H3. The minimum absolute atomic E-state index is 0.482. The Morgan fingerprint density at radius 3 is 2.13 bits per heavy atom. The highest BCUT2D eigenvalue weighted by Gasteiger charge is 2.22. The summed E-state index contributed by atoms with van der Waals surface area (Å²) in [5.41, 5.74) is 16.9. The van der Waals surface area contributed by atoms with Gasteiger partial charge in [0.15, 0.2) is 0 Å². The van der Waals surface area contributed by atoms with Gasteiger partial charge >= 0.3 is 0 Å². The Kier molecular flexibility index (Phi) is 9.39. The van der Waals surface area contributed by atoms with Gasteiger partial charge in [0.2, 0.25) is 0 Å². The quantitative estimate of drug-likeness (QED) is 0.149. The topological polar surface area (TPSA) is 8.17 Å². The molecule has 0 saturated heterocycles. The second-order valence-corrected chi connectivity index (χ2v) is 16.5. The van der Waals surface area contributed by atoms with Gasteiger partial charge in [0.1, 0.15) is 0 Å². The molecule has 61 heavy (non-hydrogen) atoms. The van der Waals surface area contributed by atoms with Crippen LogP contribution in [0.25, 0.3) is 77.2 Å². The van der Waals surface area contributed by atoms with E-state index in [1.807, 2.05) is 0 Å². The fourth-order valence-electron chi connectivity index (χ4n) is 9.56. The molecule has 0 radical (unpaired) electrons. The summed E-state index contributed by atoms with van der Waals surface area (Å²) in [4.78, 5) is 2.43. The molecule has 0 aliphatic heterocycles. The van der Waals surface area contributed by atoms with Crippen molar-refractivity contribution in [2.75, 3.05) is 4.90 Å². The van der Waals surface area contributed by atoms with Crippen molar-refractivity contribution in [3.63, 3.8) is 0 Å². The van der Waals surface area contributed by atoms with Gasteiger partial charge in [-0.25, -0.2) is 0 Å². The predicted octanol–water partition coefficient (Wildman–Crippen LogP) is 16.6. The first-order valence-corrected chi connectivity index (χ1v) is 21.6. The summed E-state index contributed by atoms with van der Waals surface area (Å²) < 4.78 is 2.52. The lowest BCUT2D eigenvalue weighted by molar-refractivity contribution is 0.730. The molecule has 0 N–H and O–H groups in total. The third kappa shape index (κ3) is 6.81. The van der Waals surface area contributed by atoms with Crippen LogP contribution in [0.5, 0.6) is 0 Å². The van der Waals surface area contributed by atoms with Gasteiger partial charge in [-0.15, -0.1) is 0 Å². The van der Waals surface area contributed by atoms with Crippen molar-refractivity contribution in [1.82, 2.24) is 4.57 Å². The van der Waals surface area contributed by atoms with E-state index in [-0.39, 0.29) is 0 Å². The van der Waals surface area contributed by atoms with Crippen LogP contribution >= 0.6 is 0 Å². The van der Waals surface area contributed by atoms with E-state index in [0.29, 0.717) is 5.92 Å². The molecule has 2 aliphatic rings. The third-order valence-electron chi connectivity index (χ3n) is 12.5. The Morgan fingerprint density at radius 1 is 0.525 bits per heavy atom. The normalized spacial score (nSPS) is 15.0. The Labute approximate surface area is 358 Å². The lowest BCUT2D eigenvalue weighted by Gasteiger charge is -2.28. The number of para-hydroxylation sites is 1. The molecule has 0 bridgehead atoms. The number of fused-ring (bicyclic) bond motifs is 4. The van der Waals surface area contributed by atoms with Crippen LogP contribution in [-0.2, 0) is 0 Å². The zero-order chi connectivity index (χ0) is 40.7. The van der Waals surface area contributed by atoms with Crippen molar-refractivity contribution in [3.05, 3.63) is 224 Å². The largest absolute Gasteiger partial charge is 0.313 e. The van der Waals surface area contributed by atoms with Gasteiger partial charge in [-0.2, -0.15) is 0 Å². The highest BCUT2D eigenvalue weighted by Crippen LogP contribution is 2.45. The zero-order valence-electron chi connectivity index (χ0n) is 34.4. The fourth-order valence-corrected chi connectivity index (χ4v) is 9.56. The Hall–Kier alpha value is -7.42. The maximum Gasteiger partial charge on any atom is 0.0544 e. The maximum atomic E-state index is 2.52. The monoisotopic (exact) mass is 782 g/mol. The van der Waals surface area contributed by atoms with E-state index in [1.165, 1.54) is 82.8 Å². The molecule has 1 aromatic heterocycles. The van der Waals surface area contributed by atoms with Gasteiger partial charge in [-0.05, 0) is 136 Å². The first-order valence-electron chi connectivity index (χ1n) is 21.6. The molecular formula is C59H46N2. The van der Waals surface area contributed by atoms with Crippen molar-refractivity contribution in [3.8, 4) is 33.4 Å². The van der Waals surface area contributed by atoms with Crippen LogP contribution in [0.1, 0.15) is 31.7 Å². The van der Waals surface area contributed by atoms with Crippen molar-refractivity contribution in [2.45, 2.75) is 26.2 Å². The van der Waals surface area contributed by atoms with E-state index in [1.54, 1.807) is 0 Å². The number of nitrogens with zero attached hydrogens (tertiary/aromatic N) is 2. The van der Waals surface area contributed by atoms with Crippen LogP contribution < -0.4 is 4.90 Å². The molecular weight excluding hydrogens is 737 g/mol. The van der Waals surface area contributed by atoms with Gasteiger partial charge in [-0.1, -0.05) is 165 Å². The summed E-state index contributed by atoms with van der Waals surface area (Å²) in [7, 11) is 0. The third-order valence-corrected chi connectivity index (χ3v) is 12.5. The number of hydrogen-bond acceptors (Lipinski definition) is 1. The van der Waals surface area contributed by atoms with Crippen LogP contribution in [-0.4, -0.2) is 4.57 Å². The van der Waals surface area contributed by atoms with Crippen LogP contribution in [0.4, 0.5) is 17.1 Å². The number of benzene rings is 8. The molecule has 1 unspecified atom stereocenters. The molecule has 1 atom stereocenters. The number of anilines is 3. The maximum absolute atomic E-state index is 2.52. The summed E-state index contributed by atoms with van der Waals surface area (Å²) in [5, 5.41) is 5.07. The summed E-state index contributed by atoms with van der Waals surface area (Å²) in [5.74, 6) is 0.482. The molecule has 2 heteroatoms. The molecule has 9 aromatic rings. The highest BCUT2D eigenvalue weighted by atomic mass is 15.1. The average molecular weight is 783 g/mol. The van der Waals surface area contributed by atoms with Crippen LogP contribution in [0, 0.1) is 5.92 Å². The van der Waals surface area contributed by atoms with Crippen LogP contribution in [0.2, 0.25) is 0 Å². The number of aromatic nitrogens is 1. The molecule has 2 aliphatic carbocycles. The van der Waals surface area contributed by atoms with E-state index in [0.717, 1.165) is 36.3 Å². The lowest BCUT2D eigenvalue weighted by atomic mass is 9.95. The Balaban J connectivity index is 1.09. The zero-order valence-corrected chi connectivity index (χ0v) is 34.4. The van der Waals surface area contributed by atoms with Crippen molar-refractivity contribution in [2.24, 2.45) is 5.92 Å².